The number of methoxy groups -OCH3 is 2. The average molecular weight is 535 g/mol. The number of benzene rings is 2. The van der Waals surface area contributed by atoms with Gasteiger partial charge in [0.25, 0.3) is 5.88 Å². The first-order valence-electron chi connectivity index (χ1n) is 13.0. The quantitative estimate of drug-likeness (QED) is 0.180. The van der Waals surface area contributed by atoms with Crippen LogP contribution >= 0.6 is 11.8 Å². The Morgan fingerprint density at radius 1 is 1.08 bits per heavy atom. The van der Waals surface area contributed by atoms with Crippen LogP contribution in [-0.2, 0) is 6.54 Å². The van der Waals surface area contributed by atoms with Crippen LogP contribution in [0.25, 0.3) is 11.2 Å². The fraction of sp³-hybridized carbons (Fsp3) is 0.429. The number of thioether (sulfide) groups is 1. The summed E-state index contributed by atoms with van der Waals surface area (Å²) < 4.78 is 19.6. The number of fused-ring (bicyclic) bond motifs is 1. The van der Waals surface area contributed by atoms with E-state index in [9.17, 15) is 0 Å². The molecular weight excluding hydrogens is 500 g/mol. The van der Waals surface area contributed by atoms with E-state index >= 15 is 0 Å². The van der Waals surface area contributed by atoms with Crippen LogP contribution in [0.4, 0.5) is 0 Å². The van der Waals surface area contributed by atoms with Gasteiger partial charge in [-0.3, -0.25) is 0 Å². The van der Waals surface area contributed by atoms with Crippen LogP contribution in [0.3, 0.4) is 0 Å². The average Bonchev–Trinajstić information content (AvgIpc) is 3.59. The maximum atomic E-state index is 6.37. The molecule has 0 saturated heterocycles. The van der Waals surface area contributed by atoms with Crippen LogP contribution in [-0.4, -0.2) is 51.0 Å². The lowest BCUT2D eigenvalue weighted by molar-refractivity contribution is 0.341. The minimum absolute atomic E-state index is 0.0931. The third-order valence-corrected chi connectivity index (χ3v) is 7.55. The lowest BCUT2D eigenvalue weighted by Gasteiger charge is -2.16. The number of hydrogen-bond acceptors (Lipinski definition) is 9. The predicted octanol–water partition coefficient (Wildman–Crippen LogP) is 5.76. The van der Waals surface area contributed by atoms with Gasteiger partial charge in [-0.05, 0) is 49.9 Å². The molecule has 0 bridgehead atoms. The van der Waals surface area contributed by atoms with Gasteiger partial charge in [0.1, 0.15) is 0 Å². The van der Waals surface area contributed by atoms with E-state index in [1.807, 2.05) is 26.0 Å². The molecule has 2 atom stereocenters. The van der Waals surface area contributed by atoms with Gasteiger partial charge in [0.15, 0.2) is 27.8 Å². The van der Waals surface area contributed by atoms with Gasteiger partial charge in [-0.15, -0.1) is 5.10 Å². The summed E-state index contributed by atoms with van der Waals surface area (Å²) in [6.45, 7) is 6.90. The van der Waals surface area contributed by atoms with Crippen LogP contribution in [0.1, 0.15) is 56.7 Å². The van der Waals surface area contributed by atoms with Gasteiger partial charge in [-0.2, -0.15) is 4.98 Å². The van der Waals surface area contributed by atoms with E-state index in [0.717, 1.165) is 24.2 Å². The topological polar surface area (TPSA) is 96.2 Å². The van der Waals surface area contributed by atoms with Crippen LogP contribution in [0.15, 0.2) is 47.6 Å². The van der Waals surface area contributed by atoms with Crippen molar-refractivity contribution in [2.75, 3.05) is 20.0 Å². The highest BCUT2D eigenvalue weighted by Gasteiger charge is 2.37. The number of nitrogens with one attached hydrogen (secondary N) is 1. The van der Waals surface area contributed by atoms with Gasteiger partial charge in [0.2, 0.25) is 5.75 Å². The standard InChI is InChI=1S/C28H34N6O3S/c1-6-12-38-28-30-26-24(32-33-34(26)17(2)3)27(31-28)37-25-22(35-4)13-18(14-23(25)36-5)16-29-21-15-20(21)19-10-8-7-9-11-19/h7-11,13-14,17,20-21,29H,6,12,15-16H2,1-5H3/t20-,21+/m0/s1. The first kappa shape index (κ1) is 26.2. The molecule has 0 radical (unpaired) electrons. The van der Waals surface area contributed by atoms with Crippen LogP contribution in [0.5, 0.6) is 23.1 Å². The summed E-state index contributed by atoms with van der Waals surface area (Å²) in [5.41, 5.74) is 3.56. The molecule has 5 rings (SSSR count). The van der Waals surface area contributed by atoms with Gasteiger partial charge >= 0.3 is 0 Å². The summed E-state index contributed by atoms with van der Waals surface area (Å²) in [6.07, 6.45) is 2.15. The molecule has 2 heterocycles. The lowest BCUT2D eigenvalue weighted by Crippen LogP contribution is -2.17. The Labute approximate surface area is 227 Å². The molecule has 1 aliphatic rings. The Hall–Kier alpha value is -3.37. The molecule has 1 N–H and O–H groups in total. The number of aromatic nitrogens is 5. The van der Waals surface area contributed by atoms with Gasteiger partial charge in [-0.25, -0.2) is 9.67 Å². The van der Waals surface area contributed by atoms with Crippen molar-refractivity contribution in [3.63, 3.8) is 0 Å². The highest BCUT2D eigenvalue weighted by atomic mass is 32.2. The molecule has 200 valence electrons. The maximum Gasteiger partial charge on any atom is 0.254 e. The summed E-state index contributed by atoms with van der Waals surface area (Å²) in [5.74, 6) is 3.34. The number of nitrogens with zero attached hydrogens (tertiary/aromatic N) is 5. The first-order chi connectivity index (χ1) is 18.5. The molecule has 2 aromatic heterocycles. The van der Waals surface area contributed by atoms with Crippen molar-refractivity contribution in [3.8, 4) is 23.1 Å². The normalized spacial score (nSPS) is 16.7. The summed E-state index contributed by atoms with van der Waals surface area (Å²) in [7, 11) is 3.25. The monoisotopic (exact) mass is 534 g/mol. The molecule has 1 fully saturated rings. The lowest BCUT2D eigenvalue weighted by atomic mass is 10.1. The smallest absolute Gasteiger partial charge is 0.254 e. The van der Waals surface area contributed by atoms with Crippen molar-refractivity contribution < 1.29 is 14.2 Å². The molecule has 1 saturated carbocycles. The minimum atomic E-state index is 0.0931. The zero-order chi connectivity index (χ0) is 26.6. The second-order valence-electron chi connectivity index (χ2n) is 9.63. The second-order valence-corrected chi connectivity index (χ2v) is 10.7. The molecule has 38 heavy (non-hydrogen) atoms. The highest BCUT2D eigenvalue weighted by Crippen LogP contribution is 2.44. The van der Waals surface area contributed by atoms with Crippen LogP contribution < -0.4 is 19.5 Å². The molecule has 1 aliphatic carbocycles. The third kappa shape index (κ3) is 5.56. The van der Waals surface area contributed by atoms with E-state index in [1.165, 1.54) is 5.56 Å². The van der Waals surface area contributed by atoms with Crippen molar-refractivity contribution in [2.45, 2.75) is 63.3 Å². The van der Waals surface area contributed by atoms with Crippen LogP contribution in [0.2, 0.25) is 0 Å². The van der Waals surface area contributed by atoms with E-state index in [1.54, 1.807) is 30.7 Å². The Balaban J connectivity index is 1.41. The summed E-state index contributed by atoms with van der Waals surface area (Å²) in [6, 6.07) is 15.1. The van der Waals surface area contributed by atoms with Gasteiger partial charge in [-0.1, -0.05) is 54.2 Å². The van der Waals surface area contributed by atoms with Crippen molar-refractivity contribution in [1.29, 1.82) is 0 Å². The summed E-state index contributed by atoms with van der Waals surface area (Å²) >= 11 is 1.58. The van der Waals surface area contributed by atoms with E-state index in [0.29, 0.717) is 58.0 Å². The molecule has 0 spiro atoms. The fourth-order valence-corrected chi connectivity index (χ4v) is 5.12. The molecule has 10 heteroatoms. The third-order valence-electron chi connectivity index (χ3n) is 6.50. The Kier molecular flexibility index (Phi) is 7.99. The molecular formula is C28H34N6O3S. The zero-order valence-corrected chi connectivity index (χ0v) is 23.3. The number of hydrogen-bond donors (Lipinski definition) is 1. The molecule has 4 aromatic rings. The number of rotatable bonds is 12. The molecule has 9 nitrogen and oxygen atoms in total. The molecule has 2 aromatic carbocycles. The summed E-state index contributed by atoms with van der Waals surface area (Å²) in [4.78, 5) is 9.38. The van der Waals surface area contributed by atoms with Crippen molar-refractivity contribution in [1.82, 2.24) is 30.3 Å². The Morgan fingerprint density at radius 3 is 2.47 bits per heavy atom. The summed E-state index contributed by atoms with van der Waals surface area (Å²) in [5, 5.41) is 12.9. The molecule has 0 aliphatic heterocycles. The molecule has 0 unspecified atom stereocenters. The van der Waals surface area contributed by atoms with E-state index in [-0.39, 0.29) is 6.04 Å². The highest BCUT2D eigenvalue weighted by molar-refractivity contribution is 7.99. The van der Waals surface area contributed by atoms with Crippen molar-refractivity contribution >= 4 is 22.9 Å². The largest absolute Gasteiger partial charge is 0.493 e. The maximum absolute atomic E-state index is 6.37. The second kappa shape index (κ2) is 11.6. The van der Waals surface area contributed by atoms with Crippen LogP contribution in [0, 0.1) is 0 Å². The first-order valence-corrected chi connectivity index (χ1v) is 14.0. The fourth-order valence-electron chi connectivity index (χ4n) is 4.44. The van der Waals surface area contributed by atoms with E-state index in [4.69, 9.17) is 19.2 Å². The van der Waals surface area contributed by atoms with E-state index < -0.39 is 0 Å². The van der Waals surface area contributed by atoms with Gasteiger partial charge in [0, 0.05) is 24.3 Å². The Morgan fingerprint density at radius 2 is 1.82 bits per heavy atom. The zero-order valence-electron chi connectivity index (χ0n) is 22.5. The Bertz CT molecular complexity index is 1370. The van der Waals surface area contributed by atoms with Gasteiger partial charge < -0.3 is 19.5 Å². The number of ether oxygens (including phenoxy) is 3. The molecule has 0 amide bonds. The SMILES string of the molecule is CCCSc1nc(Oc2c(OC)cc(CN[C@@H]3C[C@H]3c3ccccc3)cc2OC)c2nnn(C(C)C)c2n1. The predicted molar refractivity (Wildman–Crippen MR) is 149 cm³/mol. The van der Waals surface area contributed by atoms with Gasteiger partial charge in [0.05, 0.1) is 20.3 Å². The van der Waals surface area contributed by atoms with Crippen molar-refractivity contribution in [3.05, 3.63) is 53.6 Å². The minimum Gasteiger partial charge on any atom is -0.493 e. The van der Waals surface area contributed by atoms with E-state index in [2.05, 4.69) is 57.9 Å². The van der Waals surface area contributed by atoms with Crippen molar-refractivity contribution in [2.24, 2.45) is 0 Å².